The molecule has 2 aromatic heterocycles. The van der Waals surface area contributed by atoms with Crippen LogP contribution in [0.3, 0.4) is 0 Å². The van der Waals surface area contributed by atoms with E-state index < -0.39 is 0 Å². The molecule has 0 spiro atoms. The molecule has 0 saturated heterocycles. The maximum absolute atomic E-state index is 4.38. The SMILES string of the molecule is CN=C(NCc1ccccc1Cn1cccn1)NC(C)Cc1ccc(C)s1.I. The van der Waals surface area contributed by atoms with Crippen LogP contribution in [-0.2, 0) is 19.5 Å². The van der Waals surface area contributed by atoms with Gasteiger partial charge in [0.05, 0.1) is 6.54 Å². The lowest BCUT2D eigenvalue weighted by atomic mass is 10.1. The van der Waals surface area contributed by atoms with Gasteiger partial charge in [-0.05, 0) is 43.2 Å². The van der Waals surface area contributed by atoms with Crippen LogP contribution in [0.2, 0.25) is 0 Å². The number of nitrogens with one attached hydrogen (secondary N) is 2. The van der Waals surface area contributed by atoms with Crippen molar-refractivity contribution in [1.29, 1.82) is 0 Å². The Morgan fingerprint density at radius 2 is 1.96 bits per heavy atom. The summed E-state index contributed by atoms with van der Waals surface area (Å²) >= 11 is 1.86. The third-order valence-corrected chi connectivity index (χ3v) is 5.39. The minimum Gasteiger partial charge on any atom is -0.354 e. The second-order valence-electron chi connectivity index (χ2n) is 6.66. The molecule has 1 aromatic carbocycles. The Hall–Kier alpha value is -1.87. The van der Waals surface area contributed by atoms with Gasteiger partial charge in [0.25, 0.3) is 0 Å². The first kappa shape index (κ1) is 22.4. The van der Waals surface area contributed by atoms with Crippen molar-refractivity contribution in [1.82, 2.24) is 20.4 Å². The monoisotopic (exact) mass is 509 g/mol. The Morgan fingerprint density at radius 1 is 1.18 bits per heavy atom. The van der Waals surface area contributed by atoms with Gasteiger partial charge in [-0.25, -0.2) is 0 Å². The van der Waals surface area contributed by atoms with E-state index in [0.717, 1.165) is 25.5 Å². The predicted molar refractivity (Wildman–Crippen MR) is 129 cm³/mol. The lowest BCUT2D eigenvalue weighted by Crippen LogP contribution is -2.42. The topological polar surface area (TPSA) is 54.2 Å². The number of halogens is 1. The summed E-state index contributed by atoms with van der Waals surface area (Å²) in [6.07, 6.45) is 4.79. The van der Waals surface area contributed by atoms with Gasteiger partial charge in [0.1, 0.15) is 0 Å². The number of rotatable bonds is 7. The summed E-state index contributed by atoms with van der Waals surface area (Å²) in [7, 11) is 1.81. The number of benzene rings is 1. The van der Waals surface area contributed by atoms with Crippen molar-refractivity contribution >= 4 is 41.3 Å². The first-order valence-corrected chi connectivity index (χ1v) is 10.0. The second-order valence-corrected chi connectivity index (χ2v) is 8.03. The molecule has 0 fully saturated rings. The molecule has 1 unspecified atom stereocenters. The Labute approximate surface area is 188 Å². The van der Waals surface area contributed by atoms with Gasteiger partial charge in [-0.15, -0.1) is 35.3 Å². The highest BCUT2D eigenvalue weighted by atomic mass is 127. The van der Waals surface area contributed by atoms with Gasteiger partial charge in [-0.2, -0.15) is 5.10 Å². The van der Waals surface area contributed by atoms with E-state index in [-0.39, 0.29) is 24.0 Å². The van der Waals surface area contributed by atoms with E-state index in [1.807, 2.05) is 41.5 Å². The first-order chi connectivity index (χ1) is 13.1. The molecule has 3 rings (SSSR count). The number of aryl methyl sites for hydroxylation is 1. The summed E-state index contributed by atoms with van der Waals surface area (Å²) < 4.78 is 1.94. The largest absolute Gasteiger partial charge is 0.354 e. The average Bonchev–Trinajstić information content (AvgIpc) is 3.31. The molecule has 2 N–H and O–H groups in total. The Bertz CT molecular complexity index is 873. The maximum Gasteiger partial charge on any atom is 0.191 e. The minimum absolute atomic E-state index is 0. The highest BCUT2D eigenvalue weighted by Gasteiger charge is 2.09. The van der Waals surface area contributed by atoms with Crippen molar-refractivity contribution in [2.45, 2.75) is 39.4 Å². The summed E-state index contributed by atoms with van der Waals surface area (Å²) in [6.45, 7) is 5.83. The van der Waals surface area contributed by atoms with Crippen molar-refractivity contribution in [3.05, 3.63) is 75.7 Å². The lowest BCUT2D eigenvalue weighted by molar-refractivity contribution is 0.642. The number of aromatic nitrogens is 2. The standard InChI is InChI=1S/C21H27N5S.HI/c1-16(13-20-10-9-17(2)27-20)25-21(22-3)23-14-18-7-4-5-8-19(18)15-26-12-6-11-24-26;/h4-12,16H,13-15H2,1-3H3,(H2,22,23,25);1H. The molecule has 0 saturated carbocycles. The molecule has 2 heterocycles. The highest BCUT2D eigenvalue weighted by Crippen LogP contribution is 2.16. The van der Waals surface area contributed by atoms with E-state index in [0.29, 0.717) is 6.04 Å². The fourth-order valence-corrected chi connectivity index (χ4v) is 4.03. The summed E-state index contributed by atoms with van der Waals surface area (Å²) in [5.74, 6) is 0.824. The molecule has 0 amide bonds. The van der Waals surface area contributed by atoms with Gasteiger partial charge in [-0.3, -0.25) is 9.67 Å². The van der Waals surface area contributed by atoms with Crippen molar-refractivity contribution in [3.8, 4) is 0 Å². The molecule has 28 heavy (non-hydrogen) atoms. The van der Waals surface area contributed by atoms with Crippen LogP contribution in [0.25, 0.3) is 0 Å². The van der Waals surface area contributed by atoms with E-state index in [1.165, 1.54) is 20.9 Å². The first-order valence-electron chi connectivity index (χ1n) is 9.20. The third-order valence-electron chi connectivity index (χ3n) is 4.37. The van der Waals surface area contributed by atoms with Crippen LogP contribution in [-0.4, -0.2) is 28.8 Å². The zero-order chi connectivity index (χ0) is 19.1. The maximum atomic E-state index is 4.38. The summed E-state index contributed by atoms with van der Waals surface area (Å²) in [5, 5.41) is 11.2. The number of aliphatic imine (C=N–C) groups is 1. The van der Waals surface area contributed by atoms with E-state index >= 15 is 0 Å². The number of hydrogen-bond donors (Lipinski definition) is 2. The molecule has 0 bridgehead atoms. The summed E-state index contributed by atoms with van der Waals surface area (Å²) in [5.41, 5.74) is 2.50. The molecule has 0 radical (unpaired) electrons. The molecular formula is C21H28IN5S. The highest BCUT2D eigenvalue weighted by molar-refractivity contribution is 14.0. The van der Waals surface area contributed by atoms with Crippen molar-refractivity contribution in [2.24, 2.45) is 4.99 Å². The molecule has 1 atom stereocenters. The fraction of sp³-hybridized carbons (Fsp3) is 0.333. The van der Waals surface area contributed by atoms with Crippen LogP contribution in [0.1, 0.15) is 27.8 Å². The smallest absolute Gasteiger partial charge is 0.191 e. The summed E-state index contributed by atoms with van der Waals surface area (Å²) in [6, 6.07) is 15.1. The van der Waals surface area contributed by atoms with Crippen LogP contribution in [0, 0.1) is 6.92 Å². The van der Waals surface area contributed by atoms with Crippen LogP contribution in [0.5, 0.6) is 0 Å². The molecule has 0 aliphatic heterocycles. The summed E-state index contributed by atoms with van der Waals surface area (Å²) in [4.78, 5) is 7.13. The average molecular weight is 509 g/mol. The molecule has 150 valence electrons. The van der Waals surface area contributed by atoms with Gasteiger partial charge >= 0.3 is 0 Å². The van der Waals surface area contributed by atoms with Gasteiger partial charge in [-0.1, -0.05) is 24.3 Å². The quantitative estimate of drug-likeness (QED) is 0.285. The van der Waals surface area contributed by atoms with Crippen LogP contribution in [0.15, 0.2) is 59.9 Å². The minimum atomic E-state index is 0. The van der Waals surface area contributed by atoms with E-state index in [9.17, 15) is 0 Å². The number of nitrogens with zero attached hydrogens (tertiary/aromatic N) is 3. The number of hydrogen-bond acceptors (Lipinski definition) is 3. The zero-order valence-corrected chi connectivity index (χ0v) is 19.7. The Morgan fingerprint density at radius 3 is 2.61 bits per heavy atom. The van der Waals surface area contributed by atoms with Crippen molar-refractivity contribution < 1.29 is 0 Å². The van der Waals surface area contributed by atoms with E-state index in [2.05, 4.69) is 71.0 Å². The molecule has 5 nitrogen and oxygen atoms in total. The lowest BCUT2D eigenvalue weighted by Gasteiger charge is -2.18. The third kappa shape index (κ3) is 6.63. The van der Waals surface area contributed by atoms with Crippen molar-refractivity contribution in [2.75, 3.05) is 7.05 Å². The zero-order valence-electron chi connectivity index (χ0n) is 16.6. The van der Waals surface area contributed by atoms with Gasteiger partial charge in [0.15, 0.2) is 5.96 Å². The number of thiophene rings is 1. The molecule has 3 aromatic rings. The molecule has 0 aliphatic carbocycles. The predicted octanol–water partition coefficient (Wildman–Crippen LogP) is 4.22. The Kier molecular flexibility index (Phi) is 8.98. The van der Waals surface area contributed by atoms with E-state index in [1.54, 1.807) is 0 Å². The van der Waals surface area contributed by atoms with Crippen LogP contribution >= 0.6 is 35.3 Å². The van der Waals surface area contributed by atoms with Crippen LogP contribution < -0.4 is 10.6 Å². The molecular weight excluding hydrogens is 481 g/mol. The molecule has 7 heteroatoms. The second kappa shape index (κ2) is 11.2. The van der Waals surface area contributed by atoms with Crippen LogP contribution in [0.4, 0.5) is 0 Å². The fourth-order valence-electron chi connectivity index (χ4n) is 3.01. The molecule has 0 aliphatic rings. The van der Waals surface area contributed by atoms with Crippen molar-refractivity contribution in [3.63, 3.8) is 0 Å². The normalized spacial score (nSPS) is 12.3. The van der Waals surface area contributed by atoms with Gasteiger partial charge in [0, 0.05) is 48.2 Å². The number of guanidine groups is 1. The van der Waals surface area contributed by atoms with Gasteiger partial charge < -0.3 is 10.6 Å². The van der Waals surface area contributed by atoms with Gasteiger partial charge in [0.2, 0.25) is 0 Å². The van der Waals surface area contributed by atoms with E-state index in [4.69, 9.17) is 0 Å². The Balaban J connectivity index is 0.00000280.